The molecule has 0 unspecified atom stereocenters. The maximum absolute atomic E-state index is 13.3. The molecule has 0 bridgehead atoms. The minimum absolute atomic E-state index is 0.0557. The molecule has 0 fully saturated rings. The van der Waals surface area contributed by atoms with Gasteiger partial charge in [-0.3, -0.25) is 4.79 Å². The third-order valence-corrected chi connectivity index (χ3v) is 8.88. The van der Waals surface area contributed by atoms with Gasteiger partial charge < -0.3 is 24.3 Å². The number of nitrogens with zero attached hydrogens (tertiary/aromatic N) is 1. The summed E-state index contributed by atoms with van der Waals surface area (Å²) < 4.78 is 42.1. The number of carboxylic acids is 1. The standard InChI is InChI=1S/C32H26Cl2N2O8S/c33-23-7-10-25(11-8-23)45(40,41)14-2-4-20-6-12-28(42-19-30(37)38)26(16-20)35-31(39)22-5-1-3-21(15-22)18-43-32-36-27-17-24(34)9-13-29(27)44-32/h1,3,5-13,15-17H,2,4,14,18-19H2,(H,35,39)(H,37,38). The van der Waals surface area contributed by atoms with E-state index >= 15 is 0 Å². The number of rotatable bonds is 13. The summed E-state index contributed by atoms with van der Waals surface area (Å²) in [5, 5.41) is 12.8. The summed E-state index contributed by atoms with van der Waals surface area (Å²) in [6.07, 6.45) is 0.743. The summed E-state index contributed by atoms with van der Waals surface area (Å²) in [4.78, 5) is 28.8. The highest BCUT2D eigenvalue weighted by Crippen LogP contribution is 2.28. The van der Waals surface area contributed by atoms with E-state index in [0.29, 0.717) is 45.1 Å². The van der Waals surface area contributed by atoms with Gasteiger partial charge >= 0.3 is 12.0 Å². The number of carbonyl (C=O) groups is 2. The number of fused-ring (bicyclic) bond motifs is 1. The lowest BCUT2D eigenvalue weighted by Gasteiger charge is -2.14. The fraction of sp³-hybridized carbons (Fsp3) is 0.156. The van der Waals surface area contributed by atoms with Crippen LogP contribution in [0.25, 0.3) is 11.1 Å². The van der Waals surface area contributed by atoms with Crippen molar-refractivity contribution >= 4 is 61.7 Å². The Bertz CT molecular complexity index is 1960. The zero-order valence-electron chi connectivity index (χ0n) is 23.5. The summed E-state index contributed by atoms with van der Waals surface area (Å²) in [5.41, 5.74) is 3.02. The second-order valence-electron chi connectivity index (χ2n) is 9.92. The second kappa shape index (κ2) is 14.0. The predicted molar refractivity (Wildman–Crippen MR) is 169 cm³/mol. The normalized spacial score (nSPS) is 11.3. The highest BCUT2D eigenvalue weighted by Gasteiger charge is 2.16. The number of sulfone groups is 1. The lowest BCUT2D eigenvalue weighted by atomic mass is 10.1. The lowest BCUT2D eigenvalue weighted by Crippen LogP contribution is -2.15. The van der Waals surface area contributed by atoms with Crippen LogP contribution in [0.3, 0.4) is 0 Å². The van der Waals surface area contributed by atoms with E-state index in [1.54, 1.807) is 60.7 Å². The Morgan fingerprint density at radius 1 is 0.889 bits per heavy atom. The average molecular weight is 670 g/mol. The molecule has 5 aromatic rings. The summed E-state index contributed by atoms with van der Waals surface area (Å²) >= 11 is 11.9. The molecule has 10 nitrogen and oxygen atoms in total. The maximum Gasteiger partial charge on any atom is 0.394 e. The van der Waals surface area contributed by atoms with Crippen molar-refractivity contribution < 1.29 is 37.0 Å². The van der Waals surface area contributed by atoms with E-state index < -0.39 is 28.3 Å². The predicted octanol–water partition coefficient (Wildman–Crippen LogP) is 6.84. The molecule has 0 aliphatic heterocycles. The molecular weight excluding hydrogens is 643 g/mol. The molecule has 4 aromatic carbocycles. The number of ether oxygens (including phenoxy) is 2. The smallest absolute Gasteiger partial charge is 0.394 e. The number of amides is 1. The van der Waals surface area contributed by atoms with Crippen LogP contribution in [-0.2, 0) is 27.7 Å². The minimum Gasteiger partial charge on any atom is -0.480 e. The van der Waals surface area contributed by atoms with Gasteiger partial charge in [-0.2, -0.15) is 4.98 Å². The second-order valence-corrected chi connectivity index (χ2v) is 12.9. The first-order valence-corrected chi connectivity index (χ1v) is 16.0. The van der Waals surface area contributed by atoms with E-state index in [1.807, 2.05) is 0 Å². The third kappa shape index (κ3) is 8.53. The zero-order valence-corrected chi connectivity index (χ0v) is 25.9. The van der Waals surface area contributed by atoms with Gasteiger partial charge in [0.2, 0.25) is 0 Å². The van der Waals surface area contributed by atoms with Crippen molar-refractivity contribution in [3.8, 4) is 11.8 Å². The van der Waals surface area contributed by atoms with Gasteiger partial charge in [-0.15, -0.1) is 0 Å². The van der Waals surface area contributed by atoms with Gasteiger partial charge in [0.15, 0.2) is 22.0 Å². The van der Waals surface area contributed by atoms with Gasteiger partial charge in [0.25, 0.3) is 5.91 Å². The molecule has 45 heavy (non-hydrogen) atoms. The number of halogens is 2. The number of aryl methyl sites for hydroxylation is 1. The number of aromatic nitrogens is 1. The van der Waals surface area contributed by atoms with Crippen LogP contribution in [0.15, 0.2) is 94.2 Å². The summed E-state index contributed by atoms with van der Waals surface area (Å²) in [5.74, 6) is -1.60. The Morgan fingerprint density at radius 3 is 2.44 bits per heavy atom. The van der Waals surface area contributed by atoms with Crippen molar-refractivity contribution in [3.63, 3.8) is 0 Å². The quantitative estimate of drug-likeness (QED) is 0.138. The van der Waals surface area contributed by atoms with Crippen LogP contribution in [0.5, 0.6) is 11.8 Å². The number of carboxylic acid groups (broad SMARTS) is 1. The Kier molecular flexibility index (Phi) is 9.92. The molecule has 0 spiro atoms. The number of nitrogens with one attached hydrogen (secondary N) is 1. The first-order chi connectivity index (χ1) is 21.6. The van der Waals surface area contributed by atoms with Crippen molar-refractivity contribution in [2.45, 2.75) is 24.3 Å². The lowest BCUT2D eigenvalue weighted by molar-refractivity contribution is -0.139. The van der Waals surface area contributed by atoms with Crippen molar-refractivity contribution in [1.82, 2.24) is 4.98 Å². The number of carbonyl (C=O) groups excluding carboxylic acids is 1. The number of benzene rings is 4. The van der Waals surface area contributed by atoms with Crippen LogP contribution in [0.1, 0.15) is 27.9 Å². The molecule has 0 atom stereocenters. The van der Waals surface area contributed by atoms with Crippen molar-refractivity contribution in [1.29, 1.82) is 0 Å². The first-order valence-electron chi connectivity index (χ1n) is 13.6. The van der Waals surface area contributed by atoms with Gasteiger partial charge in [-0.1, -0.05) is 41.4 Å². The maximum atomic E-state index is 13.3. The molecule has 0 radical (unpaired) electrons. The van der Waals surface area contributed by atoms with Crippen LogP contribution >= 0.6 is 23.2 Å². The summed E-state index contributed by atoms with van der Waals surface area (Å²) in [6.45, 7) is -0.542. The van der Waals surface area contributed by atoms with E-state index in [4.69, 9.17) is 42.2 Å². The number of oxazole rings is 1. The molecule has 1 amide bonds. The van der Waals surface area contributed by atoms with Gasteiger partial charge in [0.1, 0.15) is 17.9 Å². The Morgan fingerprint density at radius 2 is 1.67 bits per heavy atom. The molecule has 13 heteroatoms. The molecule has 0 saturated carbocycles. The fourth-order valence-electron chi connectivity index (χ4n) is 4.40. The van der Waals surface area contributed by atoms with Gasteiger partial charge in [-0.25, -0.2) is 13.2 Å². The van der Waals surface area contributed by atoms with Crippen molar-refractivity contribution in [3.05, 3.63) is 112 Å². The minimum atomic E-state index is -3.52. The first kappa shape index (κ1) is 31.8. The van der Waals surface area contributed by atoms with Crippen LogP contribution in [0.2, 0.25) is 10.0 Å². The highest BCUT2D eigenvalue weighted by molar-refractivity contribution is 7.91. The Labute approximate surface area is 268 Å². The molecule has 1 heterocycles. The number of anilines is 1. The molecule has 232 valence electrons. The van der Waals surface area contributed by atoms with E-state index in [0.717, 1.165) is 5.56 Å². The van der Waals surface area contributed by atoms with Gasteiger partial charge in [0, 0.05) is 15.6 Å². The highest BCUT2D eigenvalue weighted by atomic mass is 35.5. The van der Waals surface area contributed by atoms with Crippen LogP contribution in [-0.4, -0.2) is 42.7 Å². The molecule has 0 saturated heterocycles. The van der Waals surface area contributed by atoms with Crippen molar-refractivity contribution in [2.24, 2.45) is 0 Å². The van der Waals surface area contributed by atoms with E-state index in [1.165, 1.54) is 24.3 Å². The van der Waals surface area contributed by atoms with E-state index in [2.05, 4.69) is 10.3 Å². The van der Waals surface area contributed by atoms with Gasteiger partial charge in [-0.05, 0) is 90.7 Å². The molecule has 1 aromatic heterocycles. The number of hydrogen-bond donors (Lipinski definition) is 2. The molecule has 5 rings (SSSR count). The Balaban J connectivity index is 1.26. The largest absolute Gasteiger partial charge is 0.480 e. The zero-order chi connectivity index (χ0) is 32.0. The molecular formula is C32H26Cl2N2O8S. The monoisotopic (exact) mass is 668 g/mol. The number of aliphatic carboxylic acids is 1. The summed E-state index contributed by atoms with van der Waals surface area (Å²) in [6, 6.07) is 22.6. The molecule has 0 aliphatic rings. The summed E-state index contributed by atoms with van der Waals surface area (Å²) in [7, 11) is -3.52. The Hall–Kier alpha value is -4.58. The van der Waals surface area contributed by atoms with Crippen molar-refractivity contribution in [2.75, 3.05) is 17.7 Å². The molecule has 0 aliphatic carbocycles. The van der Waals surface area contributed by atoms with E-state index in [9.17, 15) is 18.0 Å². The fourth-order valence-corrected chi connectivity index (χ4v) is 6.01. The SMILES string of the molecule is O=C(O)COc1ccc(CCCS(=O)(=O)c2ccc(Cl)cc2)cc1NC(=O)c1cccc(COc2nc3cc(Cl)ccc3o2)c1. The average Bonchev–Trinajstić information content (AvgIpc) is 3.42. The van der Waals surface area contributed by atoms with Gasteiger partial charge in [0.05, 0.1) is 16.3 Å². The topological polar surface area (TPSA) is 145 Å². The molecule has 2 N–H and O–H groups in total. The third-order valence-electron chi connectivity index (χ3n) is 6.58. The number of hydrogen-bond acceptors (Lipinski definition) is 8. The van der Waals surface area contributed by atoms with Crippen LogP contribution < -0.4 is 14.8 Å². The van der Waals surface area contributed by atoms with E-state index in [-0.39, 0.29) is 34.8 Å². The van der Waals surface area contributed by atoms with Crippen LogP contribution in [0, 0.1) is 0 Å². The van der Waals surface area contributed by atoms with Crippen LogP contribution in [0.4, 0.5) is 5.69 Å².